The Hall–Kier alpha value is -1.84. The maximum absolute atomic E-state index is 12.5. The number of hydrogen-bond acceptors (Lipinski definition) is 5. The van der Waals surface area contributed by atoms with Crippen molar-refractivity contribution in [3.8, 4) is 11.8 Å². The number of nitriles is 1. The molecular formula is C20H15ClI2N2O4. The molecule has 29 heavy (non-hydrogen) atoms. The molecule has 1 N–H and O–H groups in total. The molecular weight excluding hydrogens is 621 g/mol. The number of carbonyl (C=O) groups excluding carboxylic acids is 2. The van der Waals surface area contributed by atoms with E-state index in [1.54, 1.807) is 30.3 Å². The SMILES string of the molecule is COC(=O)COc1c(I)cc(/C=C(/C#N)C(=O)Nc2ccc(C)c(Cl)c2)cc1I. The Balaban J connectivity index is 2.23. The molecule has 0 saturated heterocycles. The van der Waals surface area contributed by atoms with Gasteiger partial charge in [0.1, 0.15) is 17.4 Å². The molecule has 0 aliphatic carbocycles. The summed E-state index contributed by atoms with van der Waals surface area (Å²) in [6, 6.07) is 10.5. The molecule has 6 nitrogen and oxygen atoms in total. The maximum Gasteiger partial charge on any atom is 0.343 e. The number of hydrogen-bond donors (Lipinski definition) is 1. The van der Waals surface area contributed by atoms with Crippen molar-refractivity contribution in [3.05, 3.63) is 59.2 Å². The van der Waals surface area contributed by atoms with Crippen LogP contribution in [-0.4, -0.2) is 25.6 Å². The number of benzene rings is 2. The van der Waals surface area contributed by atoms with E-state index in [1.807, 2.05) is 13.0 Å². The van der Waals surface area contributed by atoms with E-state index < -0.39 is 11.9 Å². The largest absolute Gasteiger partial charge is 0.480 e. The standard InChI is InChI=1S/C20H15ClI2N2O4/c1-11-3-4-14(8-15(11)21)25-20(27)13(9-24)5-12-6-16(22)19(17(23)7-12)29-10-18(26)28-2/h3-8H,10H2,1-2H3,(H,25,27)/b13-5-. The highest BCUT2D eigenvalue weighted by atomic mass is 127. The monoisotopic (exact) mass is 636 g/mol. The molecule has 0 unspecified atom stereocenters. The fourth-order valence-corrected chi connectivity index (χ4v) is 4.48. The van der Waals surface area contributed by atoms with Crippen LogP contribution in [0.4, 0.5) is 5.69 Å². The first kappa shape index (κ1) is 23.4. The Morgan fingerprint density at radius 2 is 1.90 bits per heavy atom. The summed E-state index contributed by atoms with van der Waals surface area (Å²) in [7, 11) is 1.29. The normalized spacial score (nSPS) is 10.8. The lowest BCUT2D eigenvalue weighted by molar-refractivity contribution is -0.142. The number of nitrogens with zero attached hydrogens (tertiary/aromatic N) is 1. The summed E-state index contributed by atoms with van der Waals surface area (Å²) >= 11 is 10.2. The van der Waals surface area contributed by atoms with Crippen LogP contribution in [0.3, 0.4) is 0 Å². The number of rotatable bonds is 6. The Labute approximate surface area is 200 Å². The van der Waals surface area contributed by atoms with Gasteiger partial charge < -0.3 is 14.8 Å². The molecule has 1 amide bonds. The van der Waals surface area contributed by atoms with Crippen LogP contribution in [0.5, 0.6) is 5.75 Å². The second-order valence-corrected chi connectivity index (χ2v) is 8.50. The molecule has 0 aliphatic heterocycles. The Morgan fingerprint density at radius 1 is 1.24 bits per heavy atom. The second kappa shape index (κ2) is 10.8. The van der Waals surface area contributed by atoms with Crippen LogP contribution in [0.15, 0.2) is 35.9 Å². The number of halogens is 3. The van der Waals surface area contributed by atoms with E-state index in [1.165, 1.54) is 13.2 Å². The van der Waals surface area contributed by atoms with Gasteiger partial charge in [0.15, 0.2) is 6.61 Å². The highest BCUT2D eigenvalue weighted by molar-refractivity contribution is 14.1. The molecule has 150 valence electrons. The van der Waals surface area contributed by atoms with Crippen LogP contribution >= 0.6 is 56.8 Å². The van der Waals surface area contributed by atoms with E-state index in [2.05, 4.69) is 55.2 Å². The molecule has 0 atom stereocenters. The van der Waals surface area contributed by atoms with Gasteiger partial charge in [0.05, 0.1) is 14.3 Å². The third-order valence-corrected chi connectivity index (χ3v) is 5.70. The summed E-state index contributed by atoms with van der Waals surface area (Å²) < 4.78 is 11.5. The summed E-state index contributed by atoms with van der Waals surface area (Å²) in [4.78, 5) is 23.7. The molecule has 9 heteroatoms. The average Bonchev–Trinajstić information content (AvgIpc) is 2.67. The van der Waals surface area contributed by atoms with E-state index in [0.717, 1.165) is 12.7 Å². The van der Waals surface area contributed by atoms with Crippen molar-refractivity contribution in [2.45, 2.75) is 6.92 Å². The predicted octanol–water partition coefficient (Wildman–Crippen LogP) is 4.96. The number of aryl methyl sites for hydroxylation is 1. The first-order valence-corrected chi connectivity index (χ1v) is 10.7. The van der Waals surface area contributed by atoms with Crippen LogP contribution < -0.4 is 10.1 Å². The van der Waals surface area contributed by atoms with Crippen LogP contribution in [0.1, 0.15) is 11.1 Å². The molecule has 2 aromatic rings. The van der Waals surface area contributed by atoms with E-state index in [-0.39, 0.29) is 12.2 Å². The van der Waals surface area contributed by atoms with Crippen LogP contribution in [0.2, 0.25) is 5.02 Å². The van der Waals surface area contributed by atoms with Gasteiger partial charge in [-0.2, -0.15) is 5.26 Å². The number of anilines is 1. The van der Waals surface area contributed by atoms with E-state index in [4.69, 9.17) is 16.3 Å². The molecule has 0 spiro atoms. The van der Waals surface area contributed by atoms with Gasteiger partial charge in [0, 0.05) is 10.7 Å². The van der Waals surface area contributed by atoms with Crippen molar-refractivity contribution >= 4 is 80.4 Å². The van der Waals surface area contributed by atoms with Gasteiger partial charge in [-0.15, -0.1) is 0 Å². The van der Waals surface area contributed by atoms with Crippen LogP contribution in [0, 0.1) is 25.4 Å². The van der Waals surface area contributed by atoms with Gasteiger partial charge in [-0.3, -0.25) is 4.79 Å². The fraction of sp³-hybridized carbons (Fsp3) is 0.150. The smallest absolute Gasteiger partial charge is 0.343 e. The average molecular weight is 637 g/mol. The third-order valence-electron chi connectivity index (χ3n) is 3.69. The zero-order chi connectivity index (χ0) is 21.6. The quantitative estimate of drug-likeness (QED) is 0.210. The second-order valence-electron chi connectivity index (χ2n) is 5.77. The minimum atomic E-state index is -0.538. The molecule has 0 fully saturated rings. The summed E-state index contributed by atoms with van der Waals surface area (Å²) in [6.07, 6.45) is 1.49. The molecule has 0 radical (unpaired) electrons. The van der Waals surface area contributed by atoms with Crippen molar-refractivity contribution in [1.82, 2.24) is 0 Å². The maximum atomic E-state index is 12.5. The first-order valence-electron chi connectivity index (χ1n) is 8.13. The minimum Gasteiger partial charge on any atom is -0.480 e. The van der Waals surface area contributed by atoms with Gasteiger partial charge in [-0.1, -0.05) is 17.7 Å². The van der Waals surface area contributed by atoms with Crippen molar-refractivity contribution in [1.29, 1.82) is 5.26 Å². The molecule has 2 rings (SSSR count). The van der Waals surface area contributed by atoms with E-state index >= 15 is 0 Å². The highest BCUT2D eigenvalue weighted by Gasteiger charge is 2.14. The number of methoxy groups -OCH3 is 1. The highest BCUT2D eigenvalue weighted by Crippen LogP contribution is 2.30. The third kappa shape index (κ3) is 6.58. The van der Waals surface area contributed by atoms with Crippen LogP contribution in [0.25, 0.3) is 6.08 Å². The summed E-state index contributed by atoms with van der Waals surface area (Å²) in [5.74, 6) is -0.491. The summed E-state index contributed by atoms with van der Waals surface area (Å²) in [5, 5.41) is 12.6. The van der Waals surface area contributed by atoms with Crippen LogP contribution in [-0.2, 0) is 14.3 Å². The zero-order valence-electron chi connectivity index (χ0n) is 15.4. The topological polar surface area (TPSA) is 88.4 Å². The van der Waals surface area contributed by atoms with Gasteiger partial charge in [0.25, 0.3) is 5.91 Å². The number of carbonyl (C=O) groups is 2. The first-order chi connectivity index (χ1) is 13.7. The van der Waals surface area contributed by atoms with E-state index in [9.17, 15) is 14.9 Å². The van der Waals surface area contributed by atoms with Crippen molar-refractivity contribution in [2.75, 3.05) is 19.0 Å². The number of amides is 1. The Morgan fingerprint density at radius 3 is 2.45 bits per heavy atom. The minimum absolute atomic E-state index is 0.0588. The van der Waals surface area contributed by atoms with E-state index in [0.29, 0.717) is 22.0 Å². The molecule has 0 aromatic heterocycles. The van der Waals surface area contributed by atoms with Crippen molar-refractivity contribution < 1.29 is 19.1 Å². The summed E-state index contributed by atoms with van der Waals surface area (Å²) in [6.45, 7) is 1.65. The number of ether oxygens (including phenoxy) is 2. The molecule has 0 bridgehead atoms. The molecule has 2 aromatic carbocycles. The lowest BCUT2D eigenvalue weighted by Crippen LogP contribution is -2.14. The van der Waals surface area contributed by atoms with Gasteiger partial charge in [-0.25, -0.2) is 4.79 Å². The zero-order valence-corrected chi connectivity index (χ0v) is 20.5. The lowest BCUT2D eigenvalue weighted by atomic mass is 10.1. The summed E-state index contributed by atoms with van der Waals surface area (Å²) in [5.41, 5.74) is 1.98. The van der Waals surface area contributed by atoms with Gasteiger partial charge >= 0.3 is 5.97 Å². The Kier molecular flexibility index (Phi) is 8.73. The Bertz CT molecular complexity index is 1010. The number of esters is 1. The number of nitrogens with one attached hydrogen (secondary N) is 1. The van der Waals surface area contributed by atoms with Gasteiger partial charge in [0.2, 0.25) is 0 Å². The molecule has 0 heterocycles. The lowest BCUT2D eigenvalue weighted by Gasteiger charge is -2.11. The molecule has 0 aliphatic rings. The predicted molar refractivity (Wildman–Crippen MR) is 128 cm³/mol. The van der Waals surface area contributed by atoms with Gasteiger partial charge in [-0.05, 0) is 93.6 Å². The molecule has 0 saturated carbocycles. The fourth-order valence-electron chi connectivity index (χ4n) is 2.18. The van der Waals surface area contributed by atoms with Crippen molar-refractivity contribution in [3.63, 3.8) is 0 Å². The van der Waals surface area contributed by atoms with Crippen molar-refractivity contribution in [2.24, 2.45) is 0 Å².